The van der Waals surface area contributed by atoms with Crippen LogP contribution in [0.3, 0.4) is 0 Å². The third kappa shape index (κ3) is 6.14. The van der Waals surface area contributed by atoms with Crippen molar-refractivity contribution in [3.63, 3.8) is 0 Å². The molecule has 1 aliphatic rings. The molecule has 1 heterocycles. The molecule has 0 saturated heterocycles. The highest BCUT2D eigenvalue weighted by molar-refractivity contribution is 5.95. The molecular weight excluding hydrogens is 405 g/mol. The molecule has 1 aromatic heterocycles. The summed E-state index contributed by atoms with van der Waals surface area (Å²) in [6, 6.07) is 5.81. The molecule has 1 fully saturated rings. The lowest BCUT2D eigenvalue weighted by atomic mass is 10.1. The maximum atomic E-state index is 12.6. The molecule has 11 heteroatoms. The molecule has 2 aromatic rings. The first-order valence-corrected chi connectivity index (χ1v) is 9.04. The molecule has 2 N–H and O–H groups in total. The van der Waals surface area contributed by atoms with E-state index in [1.165, 1.54) is 31.5 Å². The summed E-state index contributed by atoms with van der Waals surface area (Å²) in [7, 11) is 1.43. The van der Waals surface area contributed by atoms with Gasteiger partial charge in [-0.05, 0) is 36.6 Å². The highest BCUT2D eigenvalue weighted by Crippen LogP contribution is 2.29. The van der Waals surface area contributed by atoms with Crippen LogP contribution in [0.25, 0.3) is 0 Å². The van der Waals surface area contributed by atoms with Crippen molar-refractivity contribution < 1.29 is 32.2 Å². The summed E-state index contributed by atoms with van der Waals surface area (Å²) in [5, 5.41) is 5.27. The molecule has 160 valence electrons. The summed E-state index contributed by atoms with van der Waals surface area (Å²) < 4.78 is 45.9. The maximum Gasteiger partial charge on any atom is 0.573 e. The zero-order chi connectivity index (χ0) is 21.7. The molecule has 1 saturated carbocycles. The number of amides is 2. The Kier molecular flexibility index (Phi) is 6.50. The van der Waals surface area contributed by atoms with Crippen LogP contribution in [0.4, 0.5) is 19.1 Å². The van der Waals surface area contributed by atoms with Crippen LogP contribution in [-0.4, -0.2) is 41.9 Å². The number of carbonyl (C=O) groups excluding carboxylic acids is 2. The Hall–Kier alpha value is -3.21. The molecule has 1 atom stereocenters. The number of carbonyl (C=O) groups is 2. The van der Waals surface area contributed by atoms with Crippen LogP contribution in [0, 0.1) is 5.92 Å². The fraction of sp³-hybridized carbons (Fsp3) is 0.368. The summed E-state index contributed by atoms with van der Waals surface area (Å²) in [6.45, 7) is 0.0710. The second-order valence-electron chi connectivity index (χ2n) is 6.63. The van der Waals surface area contributed by atoms with Gasteiger partial charge < -0.3 is 14.8 Å². The zero-order valence-electron chi connectivity index (χ0n) is 15.9. The molecule has 3 rings (SSSR count). The number of alkyl halides is 3. The number of nitrogens with zero attached hydrogens (tertiary/aromatic N) is 2. The van der Waals surface area contributed by atoms with Crippen molar-refractivity contribution in [2.45, 2.75) is 25.2 Å². The highest BCUT2D eigenvalue weighted by Gasteiger charge is 2.31. The van der Waals surface area contributed by atoms with E-state index in [9.17, 15) is 22.8 Å². The van der Waals surface area contributed by atoms with Gasteiger partial charge >= 0.3 is 6.36 Å². The molecule has 0 radical (unpaired) electrons. The van der Waals surface area contributed by atoms with Gasteiger partial charge in [0.05, 0.1) is 12.6 Å². The number of nitrogens with one attached hydrogen (secondary N) is 2. The minimum Gasteiger partial charge on any atom is -0.406 e. The van der Waals surface area contributed by atoms with E-state index in [-0.39, 0.29) is 35.8 Å². The predicted molar refractivity (Wildman–Crippen MR) is 98.6 cm³/mol. The fourth-order valence-electron chi connectivity index (χ4n) is 2.63. The molecule has 1 aromatic carbocycles. The quantitative estimate of drug-likeness (QED) is 0.676. The smallest absolute Gasteiger partial charge is 0.406 e. The standard InChI is InChI=1S/C19H19F3N4O4/c1-29-10-15(11-4-6-13(7-5-11)30-19(20,21)22)24-17(28)14-8-9-23-18(25-14)26-16(27)12-2-3-12/h4-9,12,15H,2-3,10H2,1H3,(H,24,28)(H,23,25,26,27). The van der Waals surface area contributed by atoms with E-state index in [1.807, 2.05) is 0 Å². The number of halogens is 3. The normalized spacial score (nSPS) is 14.7. The van der Waals surface area contributed by atoms with E-state index in [4.69, 9.17) is 4.74 Å². The van der Waals surface area contributed by atoms with Gasteiger partial charge in [-0.2, -0.15) is 0 Å². The third-order valence-corrected chi connectivity index (χ3v) is 4.23. The number of rotatable bonds is 8. The predicted octanol–water partition coefficient (Wildman–Crippen LogP) is 2.84. The summed E-state index contributed by atoms with van der Waals surface area (Å²) in [4.78, 5) is 32.4. The Balaban J connectivity index is 1.68. The van der Waals surface area contributed by atoms with E-state index in [2.05, 4.69) is 25.3 Å². The Bertz CT molecular complexity index is 901. The van der Waals surface area contributed by atoms with Gasteiger partial charge in [0.25, 0.3) is 5.91 Å². The summed E-state index contributed by atoms with van der Waals surface area (Å²) in [6.07, 6.45) is -1.81. The number of hydrogen-bond acceptors (Lipinski definition) is 6. The van der Waals surface area contributed by atoms with Crippen molar-refractivity contribution in [2.24, 2.45) is 5.92 Å². The zero-order valence-corrected chi connectivity index (χ0v) is 15.9. The molecule has 0 bridgehead atoms. The van der Waals surface area contributed by atoms with Gasteiger partial charge in [0.2, 0.25) is 11.9 Å². The van der Waals surface area contributed by atoms with Crippen LogP contribution in [0.2, 0.25) is 0 Å². The van der Waals surface area contributed by atoms with E-state index >= 15 is 0 Å². The first-order valence-electron chi connectivity index (χ1n) is 9.04. The topological polar surface area (TPSA) is 102 Å². The van der Waals surface area contributed by atoms with Gasteiger partial charge in [-0.15, -0.1) is 13.2 Å². The number of anilines is 1. The monoisotopic (exact) mass is 424 g/mol. The number of methoxy groups -OCH3 is 1. The van der Waals surface area contributed by atoms with Gasteiger partial charge in [0.1, 0.15) is 11.4 Å². The lowest BCUT2D eigenvalue weighted by Crippen LogP contribution is -2.32. The van der Waals surface area contributed by atoms with Gasteiger partial charge in [-0.1, -0.05) is 12.1 Å². The molecule has 8 nitrogen and oxygen atoms in total. The average molecular weight is 424 g/mol. The number of hydrogen-bond donors (Lipinski definition) is 2. The summed E-state index contributed by atoms with van der Waals surface area (Å²) in [5.41, 5.74) is 0.533. The number of aromatic nitrogens is 2. The Morgan fingerprint density at radius 2 is 1.90 bits per heavy atom. The molecule has 1 unspecified atom stereocenters. The fourth-order valence-corrected chi connectivity index (χ4v) is 2.63. The molecule has 0 aliphatic heterocycles. The van der Waals surface area contributed by atoms with Crippen LogP contribution in [-0.2, 0) is 9.53 Å². The molecular formula is C19H19F3N4O4. The Morgan fingerprint density at radius 1 is 1.20 bits per heavy atom. The van der Waals surface area contributed by atoms with Crippen molar-refractivity contribution in [3.05, 3.63) is 47.8 Å². The van der Waals surface area contributed by atoms with Crippen LogP contribution in [0.15, 0.2) is 36.5 Å². The van der Waals surface area contributed by atoms with Crippen LogP contribution >= 0.6 is 0 Å². The van der Waals surface area contributed by atoms with Gasteiger partial charge in [-0.3, -0.25) is 14.9 Å². The number of benzene rings is 1. The third-order valence-electron chi connectivity index (χ3n) is 4.23. The summed E-state index contributed by atoms with van der Waals surface area (Å²) in [5.74, 6) is -1.14. The van der Waals surface area contributed by atoms with Crippen LogP contribution in [0.1, 0.15) is 34.9 Å². The lowest BCUT2D eigenvalue weighted by molar-refractivity contribution is -0.274. The molecule has 1 aliphatic carbocycles. The maximum absolute atomic E-state index is 12.6. The summed E-state index contributed by atoms with van der Waals surface area (Å²) >= 11 is 0. The van der Waals surface area contributed by atoms with E-state index in [0.29, 0.717) is 5.56 Å². The highest BCUT2D eigenvalue weighted by atomic mass is 19.4. The lowest BCUT2D eigenvalue weighted by Gasteiger charge is -2.19. The Morgan fingerprint density at radius 3 is 2.50 bits per heavy atom. The molecule has 0 spiro atoms. The van der Waals surface area contributed by atoms with E-state index in [1.54, 1.807) is 0 Å². The van der Waals surface area contributed by atoms with Crippen LogP contribution < -0.4 is 15.4 Å². The van der Waals surface area contributed by atoms with Crippen LogP contribution in [0.5, 0.6) is 5.75 Å². The van der Waals surface area contributed by atoms with Gasteiger partial charge in [-0.25, -0.2) is 9.97 Å². The van der Waals surface area contributed by atoms with Gasteiger partial charge in [0, 0.05) is 19.2 Å². The first kappa shape index (κ1) is 21.5. The van der Waals surface area contributed by atoms with Gasteiger partial charge in [0.15, 0.2) is 0 Å². The van der Waals surface area contributed by atoms with Crippen molar-refractivity contribution >= 4 is 17.8 Å². The van der Waals surface area contributed by atoms with Crippen molar-refractivity contribution in [3.8, 4) is 5.75 Å². The van der Waals surface area contributed by atoms with Crippen molar-refractivity contribution in [2.75, 3.05) is 19.0 Å². The average Bonchev–Trinajstić information content (AvgIpc) is 3.52. The second kappa shape index (κ2) is 9.08. The molecule has 2 amide bonds. The molecule has 30 heavy (non-hydrogen) atoms. The SMILES string of the molecule is COCC(NC(=O)c1ccnc(NC(=O)C2CC2)n1)c1ccc(OC(F)(F)F)cc1. The van der Waals surface area contributed by atoms with Crippen molar-refractivity contribution in [1.29, 1.82) is 0 Å². The number of ether oxygens (including phenoxy) is 2. The minimum atomic E-state index is -4.79. The largest absolute Gasteiger partial charge is 0.573 e. The minimum absolute atomic E-state index is 0.0224. The van der Waals surface area contributed by atoms with E-state index in [0.717, 1.165) is 25.0 Å². The second-order valence-corrected chi connectivity index (χ2v) is 6.63. The first-order chi connectivity index (χ1) is 14.2. The van der Waals surface area contributed by atoms with E-state index < -0.39 is 18.3 Å². The van der Waals surface area contributed by atoms with Crippen molar-refractivity contribution in [1.82, 2.24) is 15.3 Å². The Labute approximate surface area is 169 Å².